The van der Waals surface area contributed by atoms with E-state index < -0.39 is 6.51 Å². The van der Waals surface area contributed by atoms with Gasteiger partial charge in [0.05, 0.1) is 0 Å². The van der Waals surface area contributed by atoms with Crippen molar-refractivity contribution in [2.75, 3.05) is 20.6 Å². The van der Waals surface area contributed by atoms with Gasteiger partial charge in [0, 0.05) is 0 Å². The Balaban J connectivity index is 1.17. The summed E-state index contributed by atoms with van der Waals surface area (Å²) in [6.07, 6.45) is 2.47. The molecule has 10 saturated heterocycles. The molecule has 0 aliphatic carbocycles. The van der Waals surface area contributed by atoms with Gasteiger partial charge in [0.1, 0.15) is 0 Å². The second-order valence-corrected chi connectivity index (χ2v) is 39.1. The summed E-state index contributed by atoms with van der Waals surface area (Å²) in [6.45, 7) is -2.22. The van der Waals surface area contributed by atoms with Crippen molar-refractivity contribution >= 4 is 5.57 Å². The molecule has 33 heavy (non-hydrogen) atoms. The van der Waals surface area contributed by atoms with Crippen molar-refractivity contribution in [1.29, 1.82) is 0 Å². The van der Waals surface area contributed by atoms with Gasteiger partial charge in [-0.15, -0.1) is 0 Å². The van der Waals surface area contributed by atoms with E-state index in [2.05, 4.69) is 43.3 Å². The first-order chi connectivity index (χ1) is 15.7. The van der Waals surface area contributed by atoms with Crippen molar-refractivity contribution in [3.8, 4) is 11.5 Å². The third-order valence-corrected chi connectivity index (χ3v) is 61.2. The van der Waals surface area contributed by atoms with Crippen LogP contribution < -0.4 is 0 Å². The normalized spacial score (nSPS) is 66.9. The number of rotatable bonds is 7. The van der Waals surface area contributed by atoms with E-state index in [-0.39, 0.29) is 0 Å². The molecule has 10 aliphatic heterocycles. The molecule has 10 heterocycles. The predicted molar refractivity (Wildman–Crippen MR) is 126 cm³/mol. The zero-order valence-electron chi connectivity index (χ0n) is 19.1. The Kier molecular flexibility index (Phi) is 1.07. The fourth-order valence-electron chi connectivity index (χ4n) is 19.9. The van der Waals surface area contributed by atoms with Crippen LogP contribution >= 0.6 is 0 Å². The monoisotopic (exact) mass is 481 g/mol. The molecule has 3 nitrogen and oxygen atoms in total. The Bertz CT molecular complexity index is 1630. The van der Waals surface area contributed by atoms with Crippen LogP contribution in [0.4, 0.5) is 0 Å². The quantitative estimate of drug-likeness (QED) is 0.419. The second kappa shape index (κ2) is 2.21. The number of nitrogens with zero attached hydrogens (tertiary/aromatic N) is 1. The van der Waals surface area contributed by atoms with Gasteiger partial charge in [0.15, 0.2) is 0 Å². The Hall–Kier alpha value is -1.74. The number of aromatic hydroxyl groups is 2. The maximum absolute atomic E-state index is 10.1. The van der Waals surface area contributed by atoms with Gasteiger partial charge in [-0.1, -0.05) is 0 Å². The van der Waals surface area contributed by atoms with Crippen molar-refractivity contribution in [3.63, 3.8) is 0 Å². The van der Waals surface area contributed by atoms with E-state index in [9.17, 15) is 10.2 Å². The van der Waals surface area contributed by atoms with E-state index in [0.29, 0.717) is 15.8 Å². The van der Waals surface area contributed by atoms with Crippen LogP contribution in [0.3, 0.4) is 0 Å². The van der Waals surface area contributed by atoms with E-state index >= 15 is 0 Å². The Morgan fingerprint density at radius 3 is 1.55 bits per heavy atom. The summed E-state index contributed by atoms with van der Waals surface area (Å²) in [7, 11) is 4.41. The first-order valence-electron chi connectivity index (χ1n) is 12.9. The standard InChI is InChI=1S/C24H26NO2.C5H5.Fe/c1-25(2)17-5-8-23(18-6-3-4-7-18)24(19-9-13-21(26)14-10-19)20-11-15-22(27)16-12-20;1-2-4-5-3-1;/h3-4,6-7,9-16,26-27H,5,8,17H2,1-2H3;1-5H;. The predicted octanol–water partition coefficient (Wildman–Crippen LogP) is 7.00. The Morgan fingerprint density at radius 1 is 0.758 bits per heavy atom. The number of benzene rings is 2. The van der Waals surface area contributed by atoms with Crippen molar-refractivity contribution in [2.45, 2.75) is 60.5 Å². The third-order valence-electron chi connectivity index (χ3n) is 18.8. The molecule has 2 aromatic carbocycles. The molecule has 0 bridgehead atoms. The van der Waals surface area contributed by atoms with Crippen LogP contribution in [0.15, 0.2) is 54.1 Å². The van der Waals surface area contributed by atoms with Gasteiger partial charge in [0.2, 0.25) is 0 Å². The van der Waals surface area contributed by atoms with Crippen LogP contribution in [0.5, 0.6) is 11.5 Å². The summed E-state index contributed by atoms with van der Waals surface area (Å²) in [6, 6.07) is 16.1. The Labute approximate surface area is 184 Å². The van der Waals surface area contributed by atoms with E-state index in [1.54, 1.807) is 0 Å². The molecule has 2 aromatic rings. The zero-order valence-corrected chi connectivity index (χ0v) is 20.2. The topological polar surface area (TPSA) is 43.7 Å². The summed E-state index contributed by atoms with van der Waals surface area (Å²) in [5, 5.41) is 20.1. The fourth-order valence-corrected chi connectivity index (χ4v) is 94.3. The fraction of sp³-hybridized carbons (Fsp3) is 0.517. The maximum atomic E-state index is 10.1. The average Bonchev–Trinajstić information content (AvgIpc) is 3.73. The van der Waals surface area contributed by atoms with Crippen molar-refractivity contribution in [1.82, 2.24) is 4.90 Å². The van der Waals surface area contributed by atoms with Crippen LogP contribution in [0.1, 0.15) is 24.0 Å². The molecule has 0 saturated carbocycles. The van der Waals surface area contributed by atoms with Gasteiger partial charge in [0.25, 0.3) is 0 Å². The van der Waals surface area contributed by atoms with Crippen molar-refractivity contribution in [2.24, 2.45) is 0 Å². The molecule has 4 unspecified atom stereocenters. The molecule has 4 atom stereocenters. The summed E-state index contributed by atoms with van der Waals surface area (Å²) in [5.41, 5.74) is 5.89. The summed E-state index contributed by atoms with van der Waals surface area (Å²) in [5.74, 6) is 0.687. The van der Waals surface area contributed by atoms with Crippen LogP contribution in [0.2, 0.25) is 47.7 Å². The number of phenols is 2. The van der Waals surface area contributed by atoms with Crippen molar-refractivity contribution < 1.29 is 16.7 Å². The second-order valence-electron chi connectivity index (χ2n) is 15.5. The first kappa shape index (κ1) is 16.0. The molecule has 0 radical (unpaired) electrons. The number of hydrogen-bond donors (Lipinski definition) is 2. The molecule has 4 heteroatoms. The van der Waals surface area contributed by atoms with Crippen LogP contribution in [-0.4, -0.2) is 35.8 Å². The van der Waals surface area contributed by atoms with Crippen LogP contribution in [-0.2, 0) is 6.51 Å². The Morgan fingerprint density at radius 2 is 1.21 bits per heavy atom. The van der Waals surface area contributed by atoms with Gasteiger partial charge >= 0.3 is 185 Å². The number of hydrogen-bond acceptors (Lipinski definition) is 3. The summed E-state index contributed by atoms with van der Waals surface area (Å²) >= 11 is 0. The third kappa shape index (κ3) is 0.371. The van der Waals surface area contributed by atoms with E-state index in [1.165, 1.54) is 72.9 Å². The molecular weight excluding hydrogens is 450 g/mol. The van der Waals surface area contributed by atoms with E-state index in [1.807, 2.05) is 29.8 Å². The molecule has 10 aliphatic rings. The van der Waals surface area contributed by atoms with Gasteiger partial charge in [-0.05, 0) is 0 Å². The minimum absolute atomic E-state index is 0.344. The molecule has 0 aromatic heterocycles. The number of phenolic OH excluding ortho intramolecular Hbond substituents is 2. The average molecular weight is 481 g/mol. The van der Waals surface area contributed by atoms with Crippen LogP contribution in [0.25, 0.3) is 5.57 Å². The molecular formula is C29H31FeNO2. The van der Waals surface area contributed by atoms with Gasteiger partial charge in [-0.3, -0.25) is 0 Å². The summed E-state index contributed by atoms with van der Waals surface area (Å²) < 4.78 is 0.705. The van der Waals surface area contributed by atoms with Gasteiger partial charge < -0.3 is 0 Å². The van der Waals surface area contributed by atoms with Crippen molar-refractivity contribution in [3.05, 3.63) is 65.2 Å². The van der Waals surface area contributed by atoms with E-state index in [4.69, 9.17) is 0 Å². The molecule has 10 fully saturated rings. The molecule has 172 valence electrons. The number of allylic oxidation sites excluding steroid dienone is 1. The zero-order chi connectivity index (χ0) is 21.8. The van der Waals surface area contributed by atoms with Gasteiger partial charge in [-0.2, -0.15) is 0 Å². The molecule has 12 rings (SSSR count). The summed E-state index contributed by atoms with van der Waals surface area (Å²) in [4.78, 5) is 13.9. The minimum atomic E-state index is -3.36. The number of fused-ring (bicyclic) bond motifs is 10. The van der Waals surface area contributed by atoms with Crippen LogP contribution in [0, 0.1) is 0 Å². The SMILES string of the molecule is CN(C)CCCC(=C(c1ccc(O)cc1)c1ccc(O)cc1)[C]12[CH]3[CH]4[CH]5[CH]1[Fe]45321678[CH]2[CH]1[CH]6[CH]7[CH]28. The van der Waals surface area contributed by atoms with E-state index in [0.717, 1.165) is 6.54 Å². The first-order valence-corrected chi connectivity index (χ1v) is 19.2. The molecule has 0 amide bonds. The van der Waals surface area contributed by atoms with Gasteiger partial charge in [-0.25, -0.2) is 0 Å². The molecule has 1 spiro atoms. The molecule has 2 N–H and O–H groups in total.